The molecule has 1 saturated heterocycles. The van der Waals surface area contributed by atoms with Crippen LogP contribution in [0.1, 0.15) is 10.4 Å². The van der Waals surface area contributed by atoms with Gasteiger partial charge in [-0.25, -0.2) is 19.7 Å². The van der Waals surface area contributed by atoms with Crippen molar-refractivity contribution in [3.63, 3.8) is 0 Å². The summed E-state index contributed by atoms with van der Waals surface area (Å²) in [5.74, 6) is -0.695. The highest BCUT2D eigenvalue weighted by Crippen LogP contribution is 2.20. The van der Waals surface area contributed by atoms with Crippen molar-refractivity contribution in [1.82, 2.24) is 19.5 Å². The number of morpholine rings is 1. The lowest BCUT2D eigenvalue weighted by Gasteiger charge is -2.27. The average molecular weight is 359 g/mol. The molecule has 25 heavy (non-hydrogen) atoms. The molecule has 4 heterocycles. The molecular formula is C15H13N5O4S. The van der Waals surface area contributed by atoms with Crippen molar-refractivity contribution in [3.8, 4) is 5.13 Å². The van der Waals surface area contributed by atoms with E-state index >= 15 is 0 Å². The second-order valence-corrected chi connectivity index (χ2v) is 6.23. The van der Waals surface area contributed by atoms with Crippen molar-refractivity contribution in [2.24, 2.45) is 0 Å². The van der Waals surface area contributed by atoms with Crippen LogP contribution in [0.25, 0.3) is 16.3 Å². The average Bonchev–Trinajstić information content (AvgIpc) is 3.16. The van der Waals surface area contributed by atoms with E-state index < -0.39 is 11.4 Å². The number of fused-ring (bicyclic) bond motifs is 1. The van der Waals surface area contributed by atoms with Gasteiger partial charge in [-0.15, -0.1) is 11.3 Å². The Labute approximate surface area is 145 Å². The standard InChI is InChI=1S/C15H13N5O4S/c21-12-9(14(22)23)8-20(15-16-1-6-25-15)13-11(12)17-7-10(18-13)19-2-4-24-5-3-19/h1,6-8H,2-5H2,(H,22,23). The van der Waals surface area contributed by atoms with Crippen LogP contribution in [0.5, 0.6) is 0 Å². The molecule has 1 aliphatic heterocycles. The molecule has 0 aromatic carbocycles. The minimum Gasteiger partial charge on any atom is -0.477 e. The number of aromatic carboxylic acids is 1. The SMILES string of the molecule is O=C(O)c1cn(-c2nccs2)c2nc(N3CCOCC3)cnc2c1=O. The molecule has 1 N–H and O–H groups in total. The fourth-order valence-corrected chi connectivity index (χ4v) is 3.27. The number of pyridine rings is 1. The highest BCUT2D eigenvalue weighted by molar-refractivity contribution is 7.12. The molecule has 1 aliphatic rings. The van der Waals surface area contributed by atoms with Gasteiger partial charge in [0.1, 0.15) is 11.4 Å². The molecule has 0 bridgehead atoms. The number of thiazole rings is 1. The predicted molar refractivity (Wildman–Crippen MR) is 90.8 cm³/mol. The van der Waals surface area contributed by atoms with Gasteiger partial charge in [0.25, 0.3) is 0 Å². The van der Waals surface area contributed by atoms with Gasteiger partial charge in [-0.1, -0.05) is 0 Å². The van der Waals surface area contributed by atoms with Crippen molar-refractivity contribution in [3.05, 3.63) is 39.8 Å². The maximum absolute atomic E-state index is 12.4. The molecule has 0 unspecified atom stereocenters. The third kappa shape index (κ3) is 2.75. The van der Waals surface area contributed by atoms with Gasteiger partial charge in [0, 0.05) is 30.9 Å². The number of carboxylic acids is 1. The highest BCUT2D eigenvalue weighted by Gasteiger charge is 2.20. The molecule has 0 spiro atoms. The Morgan fingerprint density at radius 3 is 2.76 bits per heavy atom. The summed E-state index contributed by atoms with van der Waals surface area (Å²) in [5.41, 5.74) is -0.728. The van der Waals surface area contributed by atoms with Gasteiger partial charge in [0.2, 0.25) is 5.43 Å². The zero-order valence-electron chi connectivity index (χ0n) is 13.0. The smallest absolute Gasteiger partial charge is 0.341 e. The van der Waals surface area contributed by atoms with Crippen LogP contribution in [-0.4, -0.2) is 56.9 Å². The number of carbonyl (C=O) groups is 1. The Morgan fingerprint density at radius 1 is 1.28 bits per heavy atom. The van der Waals surface area contributed by atoms with E-state index in [1.165, 1.54) is 28.3 Å². The van der Waals surface area contributed by atoms with Crippen molar-refractivity contribution in [2.75, 3.05) is 31.2 Å². The Bertz CT molecular complexity index is 995. The van der Waals surface area contributed by atoms with Crippen LogP contribution in [0, 0.1) is 0 Å². The van der Waals surface area contributed by atoms with Crippen LogP contribution in [0.2, 0.25) is 0 Å². The first kappa shape index (κ1) is 15.7. The summed E-state index contributed by atoms with van der Waals surface area (Å²) in [4.78, 5) is 38.8. The zero-order valence-corrected chi connectivity index (χ0v) is 13.8. The van der Waals surface area contributed by atoms with E-state index in [2.05, 4.69) is 15.0 Å². The van der Waals surface area contributed by atoms with E-state index in [0.717, 1.165) is 0 Å². The second-order valence-electron chi connectivity index (χ2n) is 5.36. The van der Waals surface area contributed by atoms with Gasteiger partial charge in [-0.3, -0.25) is 9.36 Å². The lowest BCUT2D eigenvalue weighted by atomic mass is 10.2. The van der Waals surface area contributed by atoms with Crippen LogP contribution in [0.15, 0.2) is 28.8 Å². The number of rotatable bonds is 3. The topological polar surface area (TPSA) is 110 Å². The molecule has 3 aromatic heterocycles. The minimum absolute atomic E-state index is 0.00658. The van der Waals surface area contributed by atoms with Crippen LogP contribution < -0.4 is 10.3 Å². The van der Waals surface area contributed by atoms with E-state index in [0.29, 0.717) is 37.3 Å². The van der Waals surface area contributed by atoms with Crippen molar-refractivity contribution >= 4 is 34.3 Å². The number of hydrogen-bond acceptors (Lipinski definition) is 8. The molecular weight excluding hydrogens is 346 g/mol. The largest absolute Gasteiger partial charge is 0.477 e. The molecule has 0 saturated carbocycles. The summed E-state index contributed by atoms with van der Waals surface area (Å²) in [6.07, 6.45) is 4.35. The number of ether oxygens (including phenoxy) is 1. The van der Waals surface area contributed by atoms with E-state index in [9.17, 15) is 14.7 Å². The number of hydrogen-bond donors (Lipinski definition) is 1. The quantitative estimate of drug-likeness (QED) is 0.730. The number of aromatic nitrogens is 4. The Balaban J connectivity index is 1.96. The molecule has 1 fully saturated rings. The lowest BCUT2D eigenvalue weighted by Crippen LogP contribution is -2.37. The Hall–Kier alpha value is -2.85. The van der Waals surface area contributed by atoms with Crippen LogP contribution in [0.4, 0.5) is 5.82 Å². The van der Waals surface area contributed by atoms with E-state index in [4.69, 9.17) is 4.74 Å². The van der Waals surface area contributed by atoms with Gasteiger partial charge in [-0.2, -0.15) is 0 Å². The molecule has 0 amide bonds. The van der Waals surface area contributed by atoms with E-state index in [-0.39, 0.29) is 16.7 Å². The van der Waals surface area contributed by atoms with Gasteiger partial charge < -0.3 is 14.7 Å². The molecule has 128 valence electrons. The van der Waals surface area contributed by atoms with Crippen LogP contribution in [0.3, 0.4) is 0 Å². The summed E-state index contributed by atoms with van der Waals surface area (Å²) < 4.78 is 6.84. The van der Waals surface area contributed by atoms with Crippen LogP contribution in [-0.2, 0) is 4.74 Å². The van der Waals surface area contributed by atoms with E-state index in [1.54, 1.807) is 11.6 Å². The monoisotopic (exact) mass is 359 g/mol. The summed E-state index contributed by atoms with van der Waals surface area (Å²) in [6.45, 7) is 2.54. The number of anilines is 1. The first-order chi connectivity index (χ1) is 12.1. The first-order valence-electron chi connectivity index (χ1n) is 7.53. The van der Waals surface area contributed by atoms with Gasteiger partial charge in [-0.05, 0) is 0 Å². The fraction of sp³-hybridized carbons (Fsp3) is 0.267. The third-order valence-corrected chi connectivity index (χ3v) is 4.65. The minimum atomic E-state index is -1.31. The summed E-state index contributed by atoms with van der Waals surface area (Å²) in [7, 11) is 0. The third-order valence-electron chi connectivity index (χ3n) is 3.88. The second kappa shape index (κ2) is 6.22. The van der Waals surface area contributed by atoms with Crippen molar-refractivity contribution in [2.45, 2.75) is 0 Å². The van der Waals surface area contributed by atoms with Crippen molar-refractivity contribution in [1.29, 1.82) is 0 Å². The summed E-state index contributed by atoms with van der Waals surface area (Å²) in [5, 5.41) is 11.6. The summed E-state index contributed by atoms with van der Waals surface area (Å²) >= 11 is 1.31. The molecule has 0 atom stereocenters. The van der Waals surface area contributed by atoms with Gasteiger partial charge in [0.05, 0.1) is 19.4 Å². The number of carboxylic acid groups (broad SMARTS) is 1. The molecule has 3 aromatic rings. The molecule has 10 heteroatoms. The van der Waals surface area contributed by atoms with Gasteiger partial charge >= 0.3 is 5.97 Å². The van der Waals surface area contributed by atoms with Gasteiger partial charge in [0.15, 0.2) is 16.3 Å². The highest BCUT2D eigenvalue weighted by atomic mass is 32.1. The zero-order chi connectivity index (χ0) is 17.4. The molecule has 0 radical (unpaired) electrons. The first-order valence-corrected chi connectivity index (χ1v) is 8.41. The van der Waals surface area contributed by atoms with E-state index in [1.807, 2.05) is 4.90 Å². The number of nitrogens with zero attached hydrogens (tertiary/aromatic N) is 5. The maximum atomic E-state index is 12.4. The fourth-order valence-electron chi connectivity index (χ4n) is 2.65. The lowest BCUT2D eigenvalue weighted by molar-refractivity contribution is 0.0695. The summed E-state index contributed by atoms with van der Waals surface area (Å²) in [6, 6.07) is 0. The molecule has 0 aliphatic carbocycles. The molecule has 4 rings (SSSR count). The predicted octanol–water partition coefficient (Wildman–Crippen LogP) is 0.772. The maximum Gasteiger partial charge on any atom is 0.341 e. The molecule has 9 nitrogen and oxygen atoms in total. The van der Waals surface area contributed by atoms with Crippen LogP contribution >= 0.6 is 11.3 Å². The Kier molecular flexibility index (Phi) is 3.90. The Morgan fingerprint density at radius 2 is 2.08 bits per heavy atom. The normalized spacial score (nSPS) is 14.8. The van der Waals surface area contributed by atoms with Crippen molar-refractivity contribution < 1.29 is 14.6 Å².